The van der Waals surface area contributed by atoms with E-state index in [1.165, 1.54) is 11.8 Å². The van der Waals surface area contributed by atoms with E-state index >= 15 is 0 Å². The highest BCUT2D eigenvalue weighted by atomic mass is 35.5. The van der Waals surface area contributed by atoms with Crippen LogP contribution >= 0.6 is 11.6 Å². The van der Waals surface area contributed by atoms with Gasteiger partial charge in [0.1, 0.15) is 23.8 Å². The molecular weight excluding hydrogens is 524 g/mol. The van der Waals surface area contributed by atoms with E-state index in [1.54, 1.807) is 34.3 Å². The molecule has 3 aromatic rings. The topological polar surface area (TPSA) is 134 Å². The van der Waals surface area contributed by atoms with Crippen molar-refractivity contribution in [3.05, 3.63) is 82.4 Å². The quantitative estimate of drug-likeness (QED) is 0.202. The summed E-state index contributed by atoms with van der Waals surface area (Å²) >= 11 is 6.53. The number of rotatable bonds is 14. The fraction of sp³-hybridized carbons (Fsp3) is 0.357. The molecule has 0 saturated carbocycles. The van der Waals surface area contributed by atoms with Crippen LogP contribution in [-0.2, 0) is 29.0 Å². The van der Waals surface area contributed by atoms with E-state index in [0.717, 1.165) is 24.0 Å². The summed E-state index contributed by atoms with van der Waals surface area (Å²) < 4.78 is 7.16. The number of nitrogens with zero attached hydrogens (tertiary/aromatic N) is 3. The SMILES string of the molecule is CCCCc1nc(Cl)c(C(=O)N(CCc2ccccc2)CC(=O)NO)n1Cc1ccc(OC(C)C(=O)O)cc1. The third-order valence-corrected chi connectivity index (χ3v) is 6.41. The number of hydroxylamine groups is 1. The first-order valence-electron chi connectivity index (χ1n) is 12.7. The Hall–Kier alpha value is -3.89. The van der Waals surface area contributed by atoms with Crippen molar-refractivity contribution in [2.75, 3.05) is 13.1 Å². The molecule has 0 radical (unpaired) electrons. The number of aryl methyl sites for hydroxylation is 1. The predicted octanol–water partition coefficient (Wildman–Crippen LogP) is 3.97. The minimum Gasteiger partial charge on any atom is -0.479 e. The molecule has 1 unspecified atom stereocenters. The highest BCUT2D eigenvalue weighted by molar-refractivity contribution is 6.32. The number of unbranched alkanes of at least 4 members (excludes halogenated alkanes) is 1. The van der Waals surface area contributed by atoms with E-state index in [4.69, 9.17) is 26.7 Å². The van der Waals surface area contributed by atoms with Gasteiger partial charge in [-0.15, -0.1) is 0 Å². The second-order valence-corrected chi connectivity index (χ2v) is 9.45. The van der Waals surface area contributed by atoms with E-state index in [2.05, 4.69) is 11.9 Å². The van der Waals surface area contributed by atoms with Crippen LogP contribution in [0.25, 0.3) is 0 Å². The normalized spacial score (nSPS) is 11.6. The molecule has 3 rings (SSSR count). The first kappa shape index (κ1) is 29.7. The molecule has 0 fully saturated rings. The van der Waals surface area contributed by atoms with Gasteiger partial charge in [0.2, 0.25) is 0 Å². The molecule has 0 aliphatic carbocycles. The Labute approximate surface area is 232 Å². The summed E-state index contributed by atoms with van der Waals surface area (Å²) in [6.45, 7) is 3.63. The van der Waals surface area contributed by atoms with Crippen LogP contribution < -0.4 is 10.2 Å². The predicted molar refractivity (Wildman–Crippen MR) is 145 cm³/mol. The largest absolute Gasteiger partial charge is 0.479 e. The molecule has 39 heavy (non-hydrogen) atoms. The molecule has 1 aromatic heterocycles. The minimum absolute atomic E-state index is 0.0375. The van der Waals surface area contributed by atoms with Crippen molar-refractivity contribution in [3.63, 3.8) is 0 Å². The molecular formula is C28H33ClN4O6. The Bertz CT molecular complexity index is 1260. The number of benzene rings is 2. The van der Waals surface area contributed by atoms with E-state index in [1.807, 2.05) is 30.3 Å². The molecule has 1 heterocycles. The number of halogens is 1. The lowest BCUT2D eigenvalue weighted by Gasteiger charge is -2.23. The zero-order valence-corrected chi connectivity index (χ0v) is 22.7. The zero-order chi connectivity index (χ0) is 28.4. The summed E-state index contributed by atoms with van der Waals surface area (Å²) in [6, 6.07) is 16.4. The third kappa shape index (κ3) is 8.30. The van der Waals surface area contributed by atoms with Crippen molar-refractivity contribution in [2.24, 2.45) is 0 Å². The van der Waals surface area contributed by atoms with Gasteiger partial charge in [0.05, 0.1) is 0 Å². The summed E-state index contributed by atoms with van der Waals surface area (Å²) in [6.07, 6.45) is 1.86. The number of imidazole rings is 1. The average molecular weight is 557 g/mol. The highest BCUT2D eigenvalue weighted by Gasteiger charge is 2.27. The van der Waals surface area contributed by atoms with Crippen LogP contribution in [0, 0.1) is 0 Å². The van der Waals surface area contributed by atoms with Gasteiger partial charge in [-0.1, -0.05) is 67.4 Å². The molecule has 3 N–H and O–H groups in total. The first-order chi connectivity index (χ1) is 18.7. The van der Waals surface area contributed by atoms with Gasteiger partial charge in [-0.2, -0.15) is 0 Å². The second-order valence-electron chi connectivity index (χ2n) is 9.10. The highest BCUT2D eigenvalue weighted by Crippen LogP contribution is 2.24. The lowest BCUT2D eigenvalue weighted by Crippen LogP contribution is -2.41. The summed E-state index contributed by atoms with van der Waals surface area (Å²) in [5.41, 5.74) is 3.55. The molecule has 1 atom stereocenters. The number of aliphatic carboxylic acids is 1. The number of ether oxygens (including phenoxy) is 1. The molecule has 2 amide bonds. The van der Waals surface area contributed by atoms with Crippen LogP contribution in [0.1, 0.15) is 54.1 Å². The van der Waals surface area contributed by atoms with Crippen LogP contribution in [0.15, 0.2) is 54.6 Å². The van der Waals surface area contributed by atoms with Crippen molar-refractivity contribution < 1.29 is 29.4 Å². The van der Waals surface area contributed by atoms with Crippen LogP contribution in [0.2, 0.25) is 5.15 Å². The smallest absolute Gasteiger partial charge is 0.344 e. The van der Waals surface area contributed by atoms with Crippen molar-refractivity contribution in [1.29, 1.82) is 0 Å². The molecule has 0 aliphatic rings. The van der Waals surface area contributed by atoms with Gasteiger partial charge in [-0.05, 0) is 43.0 Å². The van der Waals surface area contributed by atoms with Gasteiger partial charge >= 0.3 is 5.97 Å². The summed E-state index contributed by atoms with van der Waals surface area (Å²) in [5, 5.41) is 18.2. The molecule has 0 bridgehead atoms. The van der Waals surface area contributed by atoms with Crippen LogP contribution in [0.5, 0.6) is 5.75 Å². The Balaban J connectivity index is 1.91. The van der Waals surface area contributed by atoms with Gasteiger partial charge in [-0.3, -0.25) is 14.8 Å². The molecule has 0 saturated heterocycles. The Morgan fingerprint density at radius 3 is 2.38 bits per heavy atom. The third-order valence-electron chi connectivity index (χ3n) is 6.14. The van der Waals surface area contributed by atoms with Crippen LogP contribution in [0.4, 0.5) is 0 Å². The fourth-order valence-corrected chi connectivity index (χ4v) is 4.28. The maximum atomic E-state index is 13.8. The van der Waals surface area contributed by atoms with Crippen molar-refractivity contribution in [2.45, 2.75) is 52.2 Å². The van der Waals surface area contributed by atoms with Gasteiger partial charge in [0.25, 0.3) is 11.8 Å². The molecule has 11 heteroatoms. The second kappa shape index (κ2) is 14.3. The standard InChI is InChI=1S/C28H33ClN4O6/c1-3-4-10-23-30-26(29)25(33(23)17-21-11-13-22(14-12-21)39-19(2)28(36)37)27(35)32(18-24(34)31-38)16-15-20-8-6-5-7-9-20/h5-9,11-14,19,38H,3-4,10,15-18H2,1-2H3,(H,31,34)(H,36,37). The first-order valence-corrected chi connectivity index (χ1v) is 13.1. The molecule has 2 aromatic carbocycles. The van der Waals surface area contributed by atoms with Crippen molar-refractivity contribution in [3.8, 4) is 5.75 Å². The van der Waals surface area contributed by atoms with Gasteiger partial charge in [-0.25, -0.2) is 15.3 Å². The summed E-state index contributed by atoms with van der Waals surface area (Å²) in [5.74, 6) is -1.23. The molecule has 0 aliphatic heterocycles. The monoisotopic (exact) mass is 556 g/mol. The number of aromatic nitrogens is 2. The zero-order valence-electron chi connectivity index (χ0n) is 22.0. The fourth-order valence-electron chi connectivity index (χ4n) is 4.00. The number of carboxylic acids is 1. The summed E-state index contributed by atoms with van der Waals surface area (Å²) in [4.78, 5) is 42.8. The number of nitrogens with one attached hydrogen (secondary N) is 1. The lowest BCUT2D eigenvalue weighted by molar-refractivity contribution is -0.144. The van der Waals surface area contributed by atoms with Crippen LogP contribution in [-0.4, -0.2) is 61.7 Å². The van der Waals surface area contributed by atoms with Crippen molar-refractivity contribution >= 4 is 29.4 Å². The Kier molecular flexibility index (Phi) is 10.9. The maximum Gasteiger partial charge on any atom is 0.344 e. The van der Waals surface area contributed by atoms with Gasteiger partial charge in [0.15, 0.2) is 11.3 Å². The number of hydrogen-bond acceptors (Lipinski definition) is 6. The van der Waals surface area contributed by atoms with Gasteiger partial charge < -0.3 is 19.3 Å². The molecule has 208 valence electrons. The Morgan fingerprint density at radius 1 is 1.08 bits per heavy atom. The van der Waals surface area contributed by atoms with E-state index < -0.39 is 23.9 Å². The number of carbonyl (C=O) groups excluding carboxylic acids is 2. The van der Waals surface area contributed by atoms with Crippen LogP contribution in [0.3, 0.4) is 0 Å². The number of amides is 2. The van der Waals surface area contributed by atoms with E-state index in [0.29, 0.717) is 24.4 Å². The van der Waals surface area contributed by atoms with Gasteiger partial charge in [0, 0.05) is 19.5 Å². The van der Waals surface area contributed by atoms with E-state index in [9.17, 15) is 14.4 Å². The maximum absolute atomic E-state index is 13.8. The average Bonchev–Trinajstić information content (AvgIpc) is 3.24. The number of carboxylic acid groups (broad SMARTS) is 1. The number of hydrogen-bond donors (Lipinski definition) is 3. The Morgan fingerprint density at radius 2 is 1.77 bits per heavy atom. The summed E-state index contributed by atoms with van der Waals surface area (Å²) in [7, 11) is 0. The lowest BCUT2D eigenvalue weighted by atomic mass is 10.1. The van der Waals surface area contributed by atoms with E-state index in [-0.39, 0.29) is 30.5 Å². The molecule has 10 nitrogen and oxygen atoms in total. The van der Waals surface area contributed by atoms with Crippen molar-refractivity contribution in [1.82, 2.24) is 19.9 Å². The minimum atomic E-state index is -1.07. The number of carbonyl (C=O) groups is 3. The molecule has 0 spiro atoms.